The summed E-state index contributed by atoms with van der Waals surface area (Å²) in [5.74, 6) is 0. The highest BCUT2D eigenvalue weighted by molar-refractivity contribution is 5.77. The summed E-state index contributed by atoms with van der Waals surface area (Å²) in [6.45, 7) is 13.3. The highest BCUT2D eigenvalue weighted by Crippen LogP contribution is 2.40. The van der Waals surface area contributed by atoms with Crippen LogP contribution >= 0.6 is 0 Å². The van der Waals surface area contributed by atoms with Crippen LogP contribution in [0.15, 0.2) is 72.3 Å². The number of aryl methyl sites for hydroxylation is 4. The molecule has 0 saturated heterocycles. The Morgan fingerprint density at radius 3 is 1.70 bits per heavy atom. The second-order valence-electron chi connectivity index (χ2n) is 10.2. The van der Waals surface area contributed by atoms with Gasteiger partial charge in [0.25, 0.3) is 0 Å². The number of nitrogens with zero attached hydrogens (tertiary/aromatic N) is 1. The zero-order chi connectivity index (χ0) is 23.8. The van der Waals surface area contributed by atoms with E-state index in [2.05, 4.69) is 113 Å². The number of hydrogen-bond donors (Lipinski definition) is 1. The number of hydrogen-bond acceptors (Lipinski definition) is 2. The summed E-state index contributed by atoms with van der Waals surface area (Å²) in [4.78, 5) is 2.35. The first-order valence-corrected chi connectivity index (χ1v) is 12.1. The van der Waals surface area contributed by atoms with Crippen molar-refractivity contribution in [1.29, 1.82) is 0 Å². The quantitative estimate of drug-likeness (QED) is 0.406. The molecule has 0 fully saturated rings. The van der Waals surface area contributed by atoms with E-state index in [0.717, 1.165) is 24.9 Å². The van der Waals surface area contributed by atoms with Crippen LogP contribution in [0.2, 0.25) is 0 Å². The fourth-order valence-electron chi connectivity index (χ4n) is 4.78. The Labute approximate surface area is 199 Å². The van der Waals surface area contributed by atoms with Crippen molar-refractivity contribution in [3.63, 3.8) is 0 Å². The summed E-state index contributed by atoms with van der Waals surface area (Å²) in [5, 5.41) is 9.90. The van der Waals surface area contributed by atoms with Gasteiger partial charge in [0.1, 0.15) is 0 Å². The van der Waals surface area contributed by atoms with Crippen LogP contribution in [-0.4, -0.2) is 11.2 Å². The maximum Gasteiger partial charge on any atom is 0.0577 e. The van der Waals surface area contributed by atoms with Gasteiger partial charge in [-0.15, -0.1) is 0 Å². The zero-order valence-corrected chi connectivity index (χ0v) is 20.9. The summed E-state index contributed by atoms with van der Waals surface area (Å²) in [6.07, 6.45) is 4.66. The van der Waals surface area contributed by atoms with Crippen molar-refractivity contribution < 1.29 is 5.11 Å². The predicted molar refractivity (Wildman–Crippen MR) is 141 cm³/mol. The third-order valence-corrected chi connectivity index (χ3v) is 7.53. The van der Waals surface area contributed by atoms with Gasteiger partial charge in [0.15, 0.2) is 0 Å². The Balaban J connectivity index is 1.74. The number of anilines is 3. The van der Waals surface area contributed by atoms with Gasteiger partial charge < -0.3 is 10.0 Å². The number of benzene rings is 3. The molecule has 0 saturated carbocycles. The van der Waals surface area contributed by atoms with Gasteiger partial charge in [-0.3, -0.25) is 0 Å². The minimum absolute atomic E-state index is 0.0373. The summed E-state index contributed by atoms with van der Waals surface area (Å²) in [6, 6.07) is 22.5. The molecule has 3 aromatic rings. The lowest BCUT2D eigenvalue weighted by molar-refractivity contribution is 0.160. The van der Waals surface area contributed by atoms with Crippen LogP contribution < -0.4 is 4.90 Å². The molecular formula is C31H37NO. The summed E-state index contributed by atoms with van der Waals surface area (Å²) in [7, 11) is 0. The van der Waals surface area contributed by atoms with Gasteiger partial charge in [-0.2, -0.15) is 0 Å². The lowest BCUT2D eigenvalue weighted by atomic mass is 9.73. The van der Waals surface area contributed by atoms with Crippen LogP contribution in [0.4, 0.5) is 17.1 Å². The first-order valence-electron chi connectivity index (χ1n) is 12.1. The van der Waals surface area contributed by atoms with Crippen molar-refractivity contribution in [3.05, 3.63) is 100 Å². The molecule has 3 aromatic carbocycles. The molecule has 0 radical (unpaired) electrons. The third kappa shape index (κ3) is 4.77. The second-order valence-corrected chi connectivity index (χ2v) is 10.2. The van der Waals surface area contributed by atoms with Crippen molar-refractivity contribution in [2.24, 2.45) is 0 Å². The lowest BCUT2D eigenvalue weighted by Crippen LogP contribution is -2.24. The Hall–Kier alpha value is -2.84. The van der Waals surface area contributed by atoms with E-state index in [0.29, 0.717) is 0 Å². The average Bonchev–Trinajstić information content (AvgIpc) is 2.79. The Morgan fingerprint density at radius 1 is 0.727 bits per heavy atom. The van der Waals surface area contributed by atoms with Gasteiger partial charge in [0.2, 0.25) is 0 Å². The maximum absolute atomic E-state index is 9.90. The van der Waals surface area contributed by atoms with Crippen LogP contribution in [0.1, 0.15) is 60.9 Å². The van der Waals surface area contributed by atoms with Crippen molar-refractivity contribution in [3.8, 4) is 0 Å². The van der Waals surface area contributed by atoms with Crippen LogP contribution in [0.5, 0.6) is 0 Å². The minimum atomic E-state index is -0.184. The topological polar surface area (TPSA) is 23.5 Å². The molecule has 1 aliphatic carbocycles. The summed E-state index contributed by atoms with van der Waals surface area (Å²) < 4.78 is 0. The van der Waals surface area contributed by atoms with Gasteiger partial charge in [-0.05, 0) is 111 Å². The molecule has 172 valence electrons. The number of rotatable bonds is 5. The van der Waals surface area contributed by atoms with Crippen LogP contribution in [-0.2, 0) is 5.41 Å². The third-order valence-electron chi connectivity index (χ3n) is 7.53. The van der Waals surface area contributed by atoms with Crippen LogP contribution in [0, 0.1) is 27.7 Å². The second kappa shape index (κ2) is 9.19. The molecular weight excluding hydrogens is 402 g/mol. The molecule has 2 nitrogen and oxygen atoms in total. The normalized spacial score (nSPS) is 16.5. The van der Waals surface area contributed by atoms with E-state index < -0.39 is 0 Å². The van der Waals surface area contributed by atoms with Crippen molar-refractivity contribution >= 4 is 17.1 Å². The van der Waals surface area contributed by atoms with Gasteiger partial charge >= 0.3 is 0 Å². The Morgan fingerprint density at radius 2 is 1.24 bits per heavy atom. The summed E-state index contributed by atoms with van der Waals surface area (Å²) in [5.41, 5.74) is 11.4. The molecule has 0 spiro atoms. The van der Waals surface area contributed by atoms with E-state index in [4.69, 9.17) is 0 Å². The van der Waals surface area contributed by atoms with Gasteiger partial charge in [0, 0.05) is 22.5 Å². The monoisotopic (exact) mass is 439 g/mol. The Kier molecular flexibility index (Phi) is 6.50. The molecule has 0 amide bonds. The smallest absolute Gasteiger partial charge is 0.0577 e. The van der Waals surface area contributed by atoms with Gasteiger partial charge in [-0.25, -0.2) is 0 Å². The zero-order valence-electron chi connectivity index (χ0n) is 20.9. The molecule has 4 rings (SSSR count). The average molecular weight is 440 g/mol. The molecule has 1 unspecified atom stereocenters. The van der Waals surface area contributed by atoms with E-state index in [-0.39, 0.29) is 11.5 Å². The van der Waals surface area contributed by atoms with E-state index in [1.807, 2.05) is 0 Å². The fraction of sp³-hybridized carbons (Fsp3) is 0.355. The molecule has 33 heavy (non-hydrogen) atoms. The first kappa shape index (κ1) is 23.3. The number of allylic oxidation sites excluding steroid dienone is 1. The molecule has 0 aromatic heterocycles. The van der Waals surface area contributed by atoms with E-state index in [9.17, 15) is 5.11 Å². The Bertz CT molecular complexity index is 1120. The van der Waals surface area contributed by atoms with Gasteiger partial charge in [0.05, 0.1) is 6.10 Å². The molecule has 1 aliphatic rings. The molecule has 1 N–H and O–H groups in total. The largest absolute Gasteiger partial charge is 0.393 e. The van der Waals surface area contributed by atoms with E-state index in [1.165, 1.54) is 44.8 Å². The van der Waals surface area contributed by atoms with E-state index in [1.54, 1.807) is 0 Å². The first-order chi connectivity index (χ1) is 15.7. The SMILES string of the molecule is Cc1ccc(N(c2ccc(C(C)(C)C3=CCC(O)CC3)cc2)c2ccc(C)c(C)c2)cc1C. The predicted octanol–water partition coefficient (Wildman–Crippen LogP) is 8.14. The van der Waals surface area contributed by atoms with Crippen molar-refractivity contribution in [2.75, 3.05) is 4.90 Å². The fourth-order valence-corrected chi connectivity index (χ4v) is 4.78. The highest BCUT2D eigenvalue weighted by Gasteiger charge is 2.28. The minimum Gasteiger partial charge on any atom is -0.393 e. The van der Waals surface area contributed by atoms with Gasteiger partial charge in [-0.1, -0.05) is 49.8 Å². The van der Waals surface area contributed by atoms with Crippen LogP contribution in [0.25, 0.3) is 0 Å². The molecule has 0 bridgehead atoms. The molecule has 2 heteroatoms. The summed E-state index contributed by atoms with van der Waals surface area (Å²) >= 11 is 0. The van der Waals surface area contributed by atoms with Crippen molar-refractivity contribution in [2.45, 2.75) is 72.3 Å². The number of aliphatic hydroxyl groups is 1. The standard InChI is InChI=1S/C31H37NO/c1-21-7-13-28(19-23(21)3)32(29-14-8-22(2)24(4)20-29)27-15-9-25(10-16-27)31(5,6)26-11-17-30(33)18-12-26/h7-11,13-16,19-20,30,33H,12,17-18H2,1-6H3. The molecule has 0 aliphatic heterocycles. The number of aliphatic hydroxyl groups excluding tert-OH is 1. The van der Waals surface area contributed by atoms with E-state index >= 15 is 0 Å². The van der Waals surface area contributed by atoms with Crippen molar-refractivity contribution in [1.82, 2.24) is 0 Å². The molecule has 0 heterocycles. The van der Waals surface area contributed by atoms with Crippen LogP contribution in [0.3, 0.4) is 0 Å². The lowest BCUT2D eigenvalue weighted by Gasteiger charge is -2.33. The highest BCUT2D eigenvalue weighted by atomic mass is 16.3. The maximum atomic E-state index is 9.90. The molecule has 1 atom stereocenters.